The smallest absolute Gasteiger partial charge is 0.258 e. The molecule has 1 aliphatic rings. The van der Waals surface area contributed by atoms with Crippen LogP contribution >= 0.6 is 0 Å². The van der Waals surface area contributed by atoms with E-state index < -0.39 is 35.6 Å². The van der Waals surface area contributed by atoms with Gasteiger partial charge >= 0.3 is 0 Å². The molecule has 0 amide bonds. The zero-order chi connectivity index (χ0) is 15.1. The summed E-state index contributed by atoms with van der Waals surface area (Å²) in [5.74, 6) is -0.581. The minimum Gasteiger partial charge on any atom is -0.258 e. The van der Waals surface area contributed by atoms with E-state index in [9.17, 15) is 26.9 Å². The van der Waals surface area contributed by atoms with Gasteiger partial charge in [0.1, 0.15) is 0 Å². The molecule has 0 aromatic heterocycles. The first-order valence-electron chi connectivity index (χ1n) is 5.83. The van der Waals surface area contributed by atoms with E-state index >= 15 is 0 Å². The molecular formula is C11H13NO6S2. The lowest BCUT2D eigenvalue weighted by Gasteiger charge is -2.10. The molecule has 0 radical (unpaired) electrons. The van der Waals surface area contributed by atoms with Crippen LogP contribution in [0.1, 0.15) is 12.0 Å². The van der Waals surface area contributed by atoms with Crippen LogP contribution in [0.15, 0.2) is 23.1 Å². The van der Waals surface area contributed by atoms with Gasteiger partial charge in [-0.25, -0.2) is 16.8 Å². The summed E-state index contributed by atoms with van der Waals surface area (Å²) in [6.45, 7) is 1.51. The number of benzene rings is 1. The largest absolute Gasteiger partial charge is 0.273 e. The quantitative estimate of drug-likeness (QED) is 0.603. The summed E-state index contributed by atoms with van der Waals surface area (Å²) >= 11 is 0. The number of sulfone groups is 2. The predicted molar refractivity (Wildman–Crippen MR) is 72.1 cm³/mol. The Labute approximate surface area is 116 Å². The van der Waals surface area contributed by atoms with Crippen molar-refractivity contribution in [2.45, 2.75) is 23.5 Å². The number of rotatable bonds is 3. The van der Waals surface area contributed by atoms with E-state index in [0.717, 1.165) is 6.07 Å². The van der Waals surface area contributed by atoms with Crippen LogP contribution in [0.25, 0.3) is 0 Å². The van der Waals surface area contributed by atoms with Crippen LogP contribution in [0.3, 0.4) is 0 Å². The van der Waals surface area contributed by atoms with Crippen molar-refractivity contribution >= 4 is 25.4 Å². The first-order chi connectivity index (χ1) is 9.13. The topological polar surface area (TPSA) is 111 Å². The van der Waals surface area contributed by atoms with Gasteiger partial charge in [-0.15, -0.1) is 0 Å². The van der Waals surface area contributed by atoms with E-state index in [1.54, 1.807) is 0 Å². The molecule has 1 aromatic carbocycles. The van der Waals surface area contributed by atoms with E-state index in [0.29, 0.717) is 5.56 Å². The summed E-state index contributed by atoms with van der Waals surface area (Å²) in [5, 5.41) is 9.82. The third-order valence-corrected chi connectivity index (χ3v) is 7.51. The van der Waals surface area contributed by atoms with Gasteiger partial charge < -0.3 is 0 Å². The van der Waals surface area contributed by atoms with Gasteiger partial charge in [0.25, 0.3) is 5.69 Å². The molecule has 1 atom stereocenters. The molecule has 1 heterocycles. The van der Waals surface area contributed by atoms with Gasteiger partial charge in [-0.3, -0.25) is 10.1 Å². The van der Waals surface area contributed by atoms with E-state index in [4.69, 9.17) is 0 Å². The van der Waals surface area contributed by atoms with Crippen LogP contribution in [0, 0.1) is 17.0 Å². The fourth-order valence-corrected chi connectivity index (χ4v) is 6.54. The van der Waals surface area contributed by atoms with Crippen molar-refractivity contribution in [3.63, 3.8) is 0 Å². The number of aryl methyl sites for hydroxylation is 1. The van der Waals surface area contributed by atoms with Gasteiger partial charge in [0.15, 0.2) is 19.7 Å². The van der Waals surface area contributed by atoms with Gasteiger partial charge in [-0.1, -0.05) is 6.07 Å². The van der Waals surface area contributed by atoms with Crippen molar-refractivity contribution in [1.29, 1.82) is 0 Å². The Bertz CT molecular complexity index is 766. The van der Waals surface area contributed by atoms with E-state index in [1.807, 2.05) is 0 Å². The molecule has 9 heteroatoms. The maximum atomic E-state index is 12.3. The summed E-state index contributed by atoms with van der Waals surface area (Å²) in [6.07, 6.45) is 0.0341. The maximum absolute atomic E-state index is 12.3. The standard InChI is InChI=1S/C11H13NO6S2/c1-8-2-3-9(6-11(8)12(13)14)20(17,18)10-4-5-19(15,16)7-10/h2-3,6,10H,4-5,7H2,1H3. The molecule has 1 aliphatic heterocycles. The van der Waals surface area contributed by atoms with Crippen molar-refractivity contribution in [2.75, 3.05) is 11.5 Å². The zero-order valence-corrected chi connectivity index (χ0v) is 12.3. The van der Waals surface area contributed by atoms with Crippen molar-refractivity contribution in [1.82, 2.24) is 0 Å². The van der Waals surface area contributed by atoms with Crippen LogP contribution in [-0.2, 0) is 19.7 Å². The molecule has 1 saturated heterocycles. The monoisotopic (exact) mass is 319 g/mol. The second kappa shape index (κ2) is 4.81. The molecule has 20 heavy (non-hydrogen) atoms. The number of nitrogens with zero attached hydrogens (tertiary/aromatic N) is 1. The molecule has 0 bridgehead atoms. The molecule has 1 fully saturated rings. The summed E-state index contributed by atoms with van der Waals surface area (Å²) in [7, 11) is -7.20. The average Bonchev–Trinajstić information content (AvgIpc) is 2.70. The number of nitro benzene ring substituents is 1. The first-order valence-corrected chi connectivity index (χ1v) is 9.19. The van der Waals surface area contributed by atoms with Crippen molar-refractivity contribution in [3.05, 3.63) is 33.9 Å². The average molecular weight is 319 g/mol. The molecule has 1 aromatic rings. The van der Waals surface area contributed by atoms with Crippen molar-refractivity contribution < 1.29 is 21.8 Å². The van der Waals surface area contributed by atoms with Crippen LogP contribution in [0.4, 0.5) is 5.69 Å². The van der Waals surface area contributed by atoms with Gasteiger partial charge in [-0.2, -0.15) is 0 Å². The van der Waals surface area contributed by atoms with Crippen LogP contribution in [0.5, 0.6) is 0 Å². The molecule has 0 saturated carbocycles. The molecular weight excluding hydrogens is 306 g/mol. The summed E-state index contributed by atoms with van der Waals surface area (Å²) < 4.78 is 47.4. The SMILES string of the molecule is Cc1ccc(S(=O)(=O)C2CCS(=O)(=O)C2)cc1[N+](=O)[O-]. The van der Waals surface area contributed by atoms with Gasteiger partial charge in [-0.05, 0) is 19.4 Å². The highest BCUT2D eigenvalue weighted by Gasteiger charge is 2.38. The fourth-order valence-electron chi connectivity index (χ4n) is 2.16. The summed E-state index contributed by atoms with van der Waals surface area (Å²) in [5.41, 5.74) is 0.0694. The molecule has 0 N–H and O–H groups in total. The van der Waals surface area contributed by atoms with E-state index in [-0.39, 0.29) is 22.8 Å². The molecule has 1 unspecified atom stereocenters. The highest BCUT2D eigenvalue weighted by molar-refractivity contribution is 7.96. The van der Waals surface area contributed by atoms with Crippen molar-refractivity contribution in [2.24, 2.45) is 0 Å². The fraction of sp³-hybridized carbons (Fsp3) is 0.455. The lowest BCUT2D eigenvalue weighted by Crippen LogP contribution is -2.22. The third kappa shape index (κ3) is 2.68. The number of hydrogen-bond acceptors (Lipinski definition) is 6. The first kappa shape index (κ1) is 14.9. The minimum atomic E-state index is -3.87. The van der Waals surface area contributed by atoms with Crippen LogP contribution < -0.4 is 0 Å². The number of nitro groups is 1. The molecule has 0 spiro atoms. The lowest BCUT2D eigenvalue weighted by atomic mass is 10.2. The minimum absolute atomic E-state index is 0.0341. The summed E-state index contributed by atoms with van der Waals surface area (Å²) in [4.78, 5) is 9.99. The Morgan fingerprint density at radius 3 is 2.50 bits per heavy atom. The van der Waals surface area contributed by atoms with E-state index in [1.165, 1.54) is 19.1 Å². The highest BCUT2D eigenvalue weighted by atomic mass is 32.2. The highest BCUT2D eigenvalue weighted by Crippen LogP contribution is 2.28. The van der Waals surface area contributed by atoms with E-state index in [2.05, 4.69) is 0 Å². The summed E-state index contributed by atoms with van der Waals surface area (Å²) in [6, 6.07) is 3.63. The van der Waals surface area contributed by atoms with Gasteiger partial charge in [0.05, 0.1) is 26.6 Å². The lowest BCUT2D eigenvalue weighted by molar-refractivity contribution is -0.385. The van der Waals surface area contributed by atoms with Gasteiger partial charge in [0, 0.05) is 11.6 Å². The Morgan fingerprint density at radius 2 is 2.00 bits per heavy atom. The maximum Gasteiger partial charge on any atom is 0.273 e. The second-order valence-corrected chi connectivity index (χ2v) is 9.23. The van der Waals surface area contributed by atoms with Gasteiger partial charge in [0.2, 0.25) is 0 Å². The normalized spacial score (nSPS) is 21.8. The zero-order valence-electron chi connectivity index (χ0n) is 10.6. The predicted octanol–water partition coefficient (Wildman–Crippen LogP) is 0.864. The Balaban J connectivity index is 2.46. The van der Waals surface area contributed by atoms with Crippen molar-refractivity contribution in [3.8, 4) is 0 Å². The number of hydrogen-bond donors (Lipinski definition) is 0. The Kier molecular flexibility index (Phi) is 3.59. The van der Waals surface area contributed by atoms with Crippen LogP contribution in [0.2, 0.25) is 0 Å². The Hall–Kier alpha value is -1.48. The third-order valence-electron chi connectivity index (χ3n) is 3.34. The molecule has 110 valence electrons. The Morgan fingerprint density at radius 1 is 1.35 bits per heavy atom. The second-order valence-electron chi connectivity index (χ2n) is 4.78. The van der Waals surface area contributed by atoms with Crippen LogP contribution in [-0.4, -0.2) is 38.5 Å². The molecule has 2 rings (SSSR count). The molecule has 0 aliphatic carbocycles. The molecule has 7 nitrogen and oxygen atoms in total.